The summed E-state index contributed by atoms with van der Waals surface area (Å²) < 4.78 is 0. The molecule has 0 aromatic heterocycles. The number of hydrogen-bond acceptors (Lipinski definition) is 2. The second-order valence-electron chi connectivity index (χ2n) is 8.37. The number of hydrogen-bond donors (Lipinski definition) is 2. The molecule has 0 aliphatic heterocycles. The Hall–Kier alpha value is -0.0800. The minimum absolute atomic E-state index is 0.0868. The zero-order valence-corrected chi connectivity index (χ0v) is 12.3. The van der Waals surface area contributed by atoms with Crippen LogP contribution in [0.1, 0.15) is 59.3 Å². The molecular formula is C16H30N2. The van der Waals surface area contributed by atoms with Crippen molar-refractivity contribution < 1.29 is 0 Å². The third-order valence-corrected chi connectivity index (χ3v) is 5.87. The molecule has 4 fully saturated rings. The van der Waals surface area contributed by atoms with Crippen LogP contribution in [-0.2, 0) is 0 Å². The Bertz CT molecular complexity index is 280. The quantitative estimate of drug-likeness (QED) is 0.805. The Balaban J connectivity index is 1.67. The van der Waals surface area contributed by atoms with Crippen molar-refractivity contribution >= 4 is 0 Å². The summed E-state index contributed by atoms with van der Waals surface area (Å²) in [6.07, 6.45) is 9.06. The van der Waals surface area contributed by atoms with Gasteiger partial charge in [0.25, 0.3) is 0 Å². The standard InChI is InChI=1S/C16H30N2/c1-11(18-10-15(2,3)17)16-7-12-4-13(8-16)6-14(5-12)9-16/h11-14,18H,4-10,17H2,1-3H3. The largest absolute Gasteiger partial charge is 0.324 e. The average Bonchev–Trinajstić information content (AvgIpc) is 2.22. The van der Waals surface area contributed by atoms with Crippen molar-refractivity contribution in [1.82, 2.24) is 5.32 Å². The van der Waals surface area contributed by atoms with Crippen LogP contribution in [0, 0.1) is 23.2 Å². The molecule has 18 heavy (non-hydrogen) atoms. The predicted octanol–water partition coefficient (Wildman–Crippen LogP) is 2.92. The van der Waals surface area contributed by atoms with E-state index in [-0.39, 0.29) is 5.54 Å². The third-order valence-electron chi connectivity index (χ3n) is 5.87. The highest BCUT2D eigenvalue weighted by Gasteiger charge is 2.52. The summed E-state index contributed by atoms with van der Waals surface area (Å²) in [4.78, 5) is 0. The summed E-state index contributed by atoms with van der Waals surface area (Å²) >= 11 is 0. The minimum Gasteiger partial charge on any atom is -0.324 e. The van der Waals surface area contributed by atoms with Crippen molar-refractivity contribution in [2.45, 2.75) is 70.9 Å². The van der Waals surface area contributed by atoms with Crippen molar-refractivity contribution in [3.05, 3.63) is 0 Å². The van der Waals surface area contributed by atoms with Gasteiger partial charge in [0.05, 0.1) is 0 Å². The van der Waals surface area contributed by atoms with Crippen LogP contribution in [0.5, 0.6) is 0 Å². The molecule has 0 spiro atoms. The number of rotatable bonds is 4. The van der Waals surface area contributed by atoms with Gasteiger partial charge in [-0.15, -0.1) is 0 Å². The van der Waals surface area contributed by atoms with E-state index in [1.54, 1.807) is 0 Å². The minimum atomic E-state index is -0.0868. The van der Waals surface area contributed by atoms with Gasteiger partial charge in [0.1, 0.15) is 0 Å². The highest BCUT2D eigenvalue weighted by Crippen LogP contribution is 2.61. The summed E-state index contributed by atoms with van der Waals surface area (Å²) in [7, 11) is 0. The topological polar surface area (TPSA) is 38.0 Å². The van der Waals surface area contributed by atoms with Gasteiger partial charge in [0.2, 0.25) is 0 Å². The van der Waals surface area contributed by atoms with Gasteiger partial charge in [0, 0.05) is 18.1 Å². The summed E-state index contributed by atoms with van der Waals surface area (Å²) in [5.74, 6) is 3.14. The molecule has 0 aromatic rings. The Kier molecular flexibility index (Phi) is 3.02. The zero-order valence-electron chi connectivity index (χ0n) is 12.3. The Labute approximate surface area is 112 Å². The summed E-state index contributed by atoms with van der Waals surface area (Å²) in [6.45, 7) is 7.59. The van der Waals surface area contributed by atoms with Gasteiger partial charge in [-0.2, -0.15) is 0 Å². The molecule has 1 atom stereocenters. The van der Waals surface area contributed by atoms with Crippen molar-refractivity contribution in [1.29, 1.82) is 0 Å². The van der Waals surface area contributed by atoms with Crippen molar-refractivity contribution in [3.8, 4) is 0 Å². The first kappa shape index (κ1) is 12.9. The lowest BCUT2D eigenvalue weighted by Crippen LogP contribution is -2.57. The van der Waals surface area contributed by atoms with Crippen LogP contribution < -0.4 is 11.1 Å². The first-order chi connectivity index (χ1) is 8.36. The molecule has 2 heteroatoms. The number of nitrogens with one attached hydrogen (secondary N) is 1. The lowest BCUT2D eigenvalue weighted by atomic mass is 9.48. The molecule has 4 saturated carbocycles. The second-order valence-corrected chi connectivity index (χ2v) is 8.37. The van der Waals surface area contributed by atoms with E-state index in [4.69, 9.17) is 5.73 Å². The Morgan fingerprint density at radius 3 is 1.94 bits per heavy atom. The molecule has 0 saturated heterocycles. The molecule has 4 bridgehead atoms. The normalized spacial score (nSPS) is 44.3. The molecule has 4 rings (SSSR count). The Morgan fingerprint density at radius 2 is 1.56 bits per heavy atom. The fraction of sp³-hybridized carbons (Fsp3) is 1.00. The first-order valence-corrected chi connectivity index (χ1v) is 7.89. The van der Waals surface area contributed by atoms with E-state index in [1.807, 2.05) is 0 Å². The fourth-order valence-electron chi connectivity index (χ4n) is 5.34. The lowest BCUT2D eigenvalue weighted by molar-refractivity contribution is -0.0708. The molecule has 3 N–H and O–H groups in total. The van der Waals surface area contributed by atoms with Crippen LogP contribution in [0.15, 0.2) is 0 Å². The summed E-state index contributed by atoms with van der Waals surface area (Å²) in [6, 6.07) is 0.647. The van der Waals surface area contributed by atoms with Crippen molar-refractivity contribution in [2.75, 3.05) is 6.54 Å². The summed E-state index contributed by atoms with van der Waals surface area (Å²) in [5, 5.41) is 3.75. The monoisotopic (exact) mass is 250 g/mol. The van der Waals surface area contributed by atoms with Crippen molar-refractivity contribution in [2.24, 2.45) is 28.9 Å². The van der Waals surface area contributed by atoms with E-state index in [0.717, 1.165) is 24.3 Å². The zero-order chi connectivity index (χ0) is 13.0. The molecule has 2 nitrogen and oxygen atoms in total. The molecule has 0 radical (unpaired) electrons. The first-order valence-electron chi connectivity index (χ1n) is 7.89. The molecule has 0 aromatic carbocycles. The maximum absolute atomic E-state index is 6.11. The van der Waals surface area contributed by atoms with Crippen LogP contribution >= 0.6 is 0 Å². The van der Waals surface area contributed by atoms with E-state index < -0.39 is 0 Å². The second kappa shape index (κ2) is 4.21. The third kappa shape index (κ3) is 2.34. The smallest absolute Gasteiger partial charge is 0.0223 e. The van der Waals surface area contributed by atoms with Gasteiger partial charge in [-0.1, -0.05) is 0 Å². The van der Waals surface area contributed by atoms with Gasteiger partial charge >= 0.3 is 0 Å². The van der Waals surface area contributed by atoms with E-state index in [0.29, 0.717) is 11.5 Å². The van der Waals surface area contributed by atoms with Gasteiger partial charge in [-0.05, 0) is 82.5 Å². The van der Waals surface area contributed by atoms with Gasteiger partial charge in [-0.25, -0.2) is 0 Å². The van der Waals surface area contributed by atoms with Crippen LogP contribution in [0.3, 0.4) is 0 Å². The molecule has 1 unspecified atom stereocenters. The van der Waals surface area contributed by atoms with E-state index in [1.165, 1.54) is 38.5 Å². The van der Waals surface area contributed by atoms with Gasteiger partial charge < -0.3 is 11.1 Å². The van der Waals surface area contributed by atoms with Crippen LogP contribution in [0.2, 0.25) is 0 Å². The maximum Gasteiger partial charge on any atom is 0.0223 e. The van der Waals surface area contributed by atoms with E-state index in [9.17, 15) is 0 Å². The fourth-order valence-corrected chi connectivity index (χ4v) is 5.34. The van der Waals surface area contributed by atoms with Gasteiger partial charge in [-0.3, -0.25) is 0 Å². The molecule has 4 aliphatic carbocycles. The summed E-state index contributed by atoms with van der Waals surface area (Å²) in [5.41, 5.74) is 6.64. The lowest BCUT2D eigenvalue weighted by Gasteiger charge is -2.59. The highest BCUT2D eigenvalue weighted by atomic mass is 15.0. The SMILES string of the molecule is CC(NCC(C)(C)N)C12CC3CC(CC(C3)C1)C2. The molecule has 104 valence electrons. The number of nitrogens with two attached hydrogens (primary N) is 1. The average molecular weight is 250 g/mol. The maximum atomic E-state index is 6.11. The van der Waals surface area contributed by atoms with Gasteiger partial charge in [0.15, 0.2) is 0 Å². The Morgan fingerprint density at radius 1 is 1.11 bits per heavy atom. The molecular weight excluding hydrogens is 220 g/mol. The molecule has 4 aliphatic rings. The van der Waals surface area contributed by atoms with Crippen LogP contribution in [0.4, 0.5) is 0 Å². The van der Waals surface area contributed by atoms with Crippen LogP contribution in [-0.4, -0.2) is 18.1 Å². The van der Waals surface area contributed by atoms with Crippen molar-refractivity contribution in [3.63, 3.8) is 0 Å². The molecule has 0 amide bonds. The van der Waals surface area contributed by atoms with E-state index >= 15 is 0 Å². The highest BCUT2D eigenvalue weighted by molar-refractivity contribution is 5.05. The van der Waals surface area contributed by atoms with E-state index in [2.05, 4.69) is 26.1 Å². The predicted molar refractivity (Wildman–Crippen MR) is 76.3 cm³/mol. The molecule has 0 heterocycles. The van der Waals surface area contributed by atoms with Crippen LogP contribution in [0.25, 0.3) is 0 Å².